The quantitative estimate of drug-likeness (QED) is 0.273. The fourth-order valence-corrected chi connectivity index (χ4v) is 0.928. The van der Waals surface area contributed by atoms with E-state index in [0.29, 0.717) is 0 Å². The van der Waals surface area contributed by atoms with E-state index in [1.54, 1.807) is 0 Å². The lowest BCUT2D eigenvalue weighted by molar-refractivity contribution is -0.147. The van der Waals surface area contributed by atoms with Gasteiger partial charge in [-0.2, -0.15) is 0 Å². The molecular weight excluding hydrogens is 360 g/mol. The van der Waals surface area contributed by atoms with Crippen LogP contribution in [-0.4, -0.2) is 71.9 Å². The van der Waals surface area contributed by atoms with Crippen molar-refractivity contribution in [3.63, 3.8) is 0 Å². The maximum absolute atomic E-state index is 10.9. The third-order valence-corrected chi connectivity index (χ3v) is 2.31. The first-order valence-corrected chi connectivity index (χ1v) is 7.46. The Bertz CT molecular complexity index is 481. The molecule has 0 aromatic heterocycles. The topological polar surface area (TPSA) is 140 Å². The van der Waals surface area contributed by atoms with E-state index < -0.39 is 36.7 Å². The Labute approximate surface area is 159 Å². The average molecular weight is 390 g/mol. The summed E-state index contributed by atoms with van der Waals surface area (Å²) in [6, 6.07) is 0. The number of hydrogen-bond acceptors (Lipinski definition) is 9. The van der Waals surface area contributed by atoms with Crippen LogP contribution in [0.25, 0.3) is 0 Å². The minimum Gasteiger partial charge on any atom is -0.460 e. The summed E-state index contributed by atoms with van der Waals surface area (Å²) >= 11 is 0. The molecule has 0 aliphatic rings. The first kappa shape index (κ1) is 29.3. The van der Waals surface area contributed by atoms with Gasteiger partial charge in [0.15, 0.2) is 0 Å². The van der Waals surface area contributed by atoms with Crippen LogP contribution in [0.1, 0.15) is 21.3 Å². The molecule has 0 heterocycles. The smallest absolute Gasteiger partial charge is 0.333 e. The molecule has 0 aliphatic carbocycles. The molecule has 0 spiro atoms. The predicted molar refractivity (Wildman–Crippen MR) is 98.5 cm³/mol. The summed E-state index contributed by atoms with van der Waals surface area (Å²) in [4.78, 5) is 32.2. The molecule has 0 fully saturated rings. The van der Waals surface area contributed by atoms with E-state index in [1.165, 1.54) is 13.8 Å². The monoisotopic (exact) mass is 390 g/mol. The maximum Gasteiger partial charge on any atom is 0.333 e. The summed E-state index contributed by atoms with van der Waals surface area (Å²) in [5.41, 5.74) is 0.484. The average Bonchev–Trinajstić information content (AvgIpc) is 2.61. The standard InChI is InChI=1S/C11H16O5.C6H10O4.CH4/c1-7(2)10(13)15-5-9(12)6-16-11(14)8(3)4;1-2-6(9)10-4-5(8)3-7;/h9,12H,1,3,5-6H2,2,4H3;2,5,7-8H,1,3-4H2;1H4. The Balaban J connectivity index is -0.000000454. The van der Waals surface area contributed by atoms with Gasteiger partial charge in [-0.3, -0.25) is 0 Å². The Hall–Kier alpha value is -2.49. The molecular formula is C18H30O9. The number of aliphatic hydroxyl groups excluding tert-OH is 3. The van der Waals surface area contributed by atoms with Crippen molar-refractivity contribution >= 4 is 17.9 Å². The van der Waals surface area contributed by atoms with Gasteiger partial charge in [-0.05, 0) is 13.8 Å². The van der Waals surface area contributed by atoms with Gasteiger partial charge >= 0.3 is 17.9 Å². The highest BCUT2D eigenvalue weighted by Crippen LogP contribution is 1.97. The molecule has 0 rings (SSSR count). The van der Waals surface area contributed by atoms with Crippen molar-refractivity contribution in [2.45, 2.75) is 33.5 Å². The van der Waals surface area contributed by atoms with Crippen LogP contribution in [0.15, 0.2) is 37.0 Å². The summed E-state index contributed by atoms with van der Waals surface area (Å²) in [5, 5.41) is 26.2. The van der Waals surface area contributed by atoms with Crippen molar-refractivity contribution in [1.29, 1.82) is 0 Å². The molecule has 3 N–H and O–H groups in total. The van der Waals surface area contributed by atoms with Crippen LogP contribution < -0.4 is 0 Å². The van der Waals surface area contributed by atoms with Gasteiger partial charge in [0.2, 0.25) is 0 Å². The van der Waals surface area contributed by atoms with Gasteiger partial charge in [-0.15, -0.1) is 0 Å². The van der Waals surface area contributed by atoms with Crippen molar-refractivity contribution in [2.75, 3.05) is 26.4 Å². The molecule has 156 valence electrons. The van der Waals surface area contributed by atoms with Crippen molar-refractivity contribution in [2.24, 2.45) is 0 Å². The lowest BCUT2D eigenvalue weighted by Gasteiger charge is -2.11. The van der Waals surface area contributed by atoms with Gasteiger partial charge in [-0.1, -0.05) is 27.2 Å². The maximum atomic E-state index is 10.9. The molecule has 0 aliphatic heterocycles. The second kappa shape index (κ2) is 17.0. The number of hydrogen-bond donors (Lipinski definition) is 3. The molecule has 1 unspecified atom stereocenters. The fourth-order valence-electron chi connectivity index (χ4n) is 0.928. The van der Waals surface area contributed by atoms with Gasteiger partial charge in [0.25, 0.3) is 0 Å². The third kappa shape index (κ3) is 18.1. The first-order chi connectivity index (χ1) is 12.0. The molecule has 0 bridgehead atoms. The van der Waals surface area contributed by atoms with Crippen molar-refractivity contribution in [1.82, 2.24) is 0 Å². The minimum absolute atomic E-state index is 0. The van der Waals surface area contributed by atoms with E-state index in [4.69, 9.17) is 10.2 Å². The van der Waals surface area contributed by atoms with Crippen LogP contribution in [-0.2, 0) is 28.6 Å². The normalized spacial score (nSPS) is 10.3. The highest BCUT2D eigenvalue weighted by Gasteiger charge is 2.12. The van der Waals surface area contributed by atoms with E-state index >= 15 is 0 Å². The zero-order valence-electron chi connectivity index (χ0n) is 15.0. The Morgan fingerprint density at radius 2 is 1.26 bits per heavy atom. The number of carbonyl (C=O) groups is 3. The Kier molecular flexibility index (Phi) is 18.4. The van der Waals surface area contributed by atoms with Crippen LogP contribution in [0.2, 0.25) is 0 Å². The lowest BCUT2D eigenvalue weighted by Crippen LogP contribution is -2.25. The second-order valence-corrected chi connectivity index (χ2v) is 5.08. The first-order valence-electron chi connectivity index (χ1n) is 7.46. The number of carbonyl (C=O) groups excluding carboxylic acids is 3. The van der Waals surface area contributed by atoms with Crippen LogP contribution in [0.4, 0.5) is 0 Å². The number of esters is 3. The lowest BCUT2D eigenvalue weighted by atomic mass is 10.3. The van der Waals surface area contributed by atoms with Crippen molar-refractivity contribution in [3.05, 3.63) is 37.0 Å². The third-order valence-electron chi connectivity index (χ3n) is 2.31. The van der Waals surface area contributed by atoms with E-state index in [1.807, 2.05) is 0 Å². The largest absolute Gasteiger partial charge is 0.460 e. The molecule has 0 radical (unpaired) electrons. The molecule has 0 amide bonds. The molecule has 27 heavy (non-hydrogen) atoms. The molecule has 1 atom stereocenters. The molecule has 0 aromatic rings. The summed E-state index contributed by atoms with van der Waals surface area (Å²) in [6.07, 6.45) is -1.06. The fraction of sp³-hybridized carbons (Fsp3) is 0.500. The van der Waals surface area contributed by atoms with Crippen LogP contribution in [0, 0.1) is 0 Å². The van der Waals surface area contributed by atoms with E-state index in [0.717, 1.165) is 6.08 Å². The van der Waals surface area contributed by atoms with Crippen LogP contribution >= 0.6 is 0 Å². The van der Waals surface area contributed by atoms with Crippen LogP contribution in [0.5, 0.6) is 0 Å². The number of ether oxygens (including phenoxy) is 3. The van der Waals surface area contributed by atoms with E-state index in [9.17, 15) is 19.5 Å². The molecule has 0 aromatic carbocycles. The van der Waals surface area contributed by atoms with Gasteiger partial charge < -0.3 is 29.5 Å². The summed E-state index contributed by atoms with van der Waals surface area (Å²) in [6.45, 7) is 11.8. The predicted octanol–water partition coefficient (Wildman–Crippen LogP) is 0.291. The Morgan fingerprint density at radius 3 is 1.56 bits per heavy atom. The highest BCUT2D eigenvalue weighted by molar-refractivity contribution is 5.87. The van der Waals surface area contributed by atoms with E-state index in [2.05, 4.69) is 33.9 Å². The zero-order chi connectivity index (χ0) is 20.7. The Morgan fingerprint density at radius 1 is 0.889 bits per heavy atom. The molecule has 0 saturated carbocycles. The highest BCUT2D eigenvalue weighted by atomic mass is 16.6. The zero-order valence-corrected chi connectivity index (χ0v) is 15.0. The molecule has 9 heteroatoms. The minimum atomic E-state index is -1.05. The van der Waals surface area contributed by atoms with Crippen molar-refractivity contribution < 1.29 is 43.9 Å². The van der Waals surface area contributed by atoms with Crippen LogP contribution in [0.3, 0.4) is 0 Å². The number of rotatable bonds is 10. The van der Waals surface area contributed by atoms with Gasteiger partial charge in [0.05, 0.1) is 6.61 Å². The number of aliphatic hydroxyl groups is 3. The van der Waals surface area contributed by atoms with Gasteiger partial charge in [0.1, 0.15) is 32.0 Å². The van der Waals surface area contributed by atoms with Gasteiger partial charge in [0, 0.05) is 17.2 Å². The van der Waals surface area contributed by atoms with E-state index in [-0.39, 0.29) is 38.4 Å². The summed E-state index contributed by atoms with van der Waals surface area (Å²) in [7, 11) is 0. The SMILES string of the molecule is C.C=C(C)C(=O)OCC(O)COC(=O)C(=C)C.C=CC(=O)OCC(O)CO. The summed E-state index contributed by atoms with van der Waals surface area (Å²) in [5.74, 6) is -1.79. The van der Waals surface area contributed by atoms with Crippen molar-refractivity contribution in [3.8, 4) is 0 Å². The summed E-state index contributed by atoms with van der Waals surface area (Å²) < 4.78 is 13.7. The molecule has 9 nitrogen and oxygen atoms in total. The van der Waals surface area contributed by atoms with Gasteiger partial charge in [-0.25, -0.2) is 14.4 Å². The second-order valence-electron chi connectivity index (χ2n) is 5.08. The molecule has 0 saturated heterocycles.